The number of hydrogen-bond acceptors (Lipinski definition) is 4. The predicted octanol–water partition coefficient (Wildman–Crippen LogP) is 3.21. The second-order valence-electron chi connectivity index (χ2n) is 6.52. The standard InChI is InChI=1S/C20H23ClN2O4S/c1-2-27-17-9-5-15(6-10-17)14-22-20(24)19-4-3-13-23(19)28(25,26)18-11-7-16(21)8-12-18/h5-12,19H,2-4,13-14H2,1H3,(H,22,24)/t19-/m0/s1. The molecular formula is C20H23ClN2O4S. The van der Waals surface area contributed by atoms with Gasteiger partial charge in [-0.3, -0.25) is 4.79 Å². The Morgan fingerprint density at radius 1 is 1.18 bits per heavy atom. The average Bonchev–Trinajstić information content (AvgIpc) is 3.19. The highest BCUT2D eigenvalue weighted by Crippen LogP contribution is 2.27. The van der Waals surface area contributed by atoms with Gasteiger partial charge in [-0.2, -0.15) is 4.31 Å². The van der Waals surface area contributed by atoms with Gasteiger partial charge in [0.15, 0.2) is 0 Å². The lowest BCUT2D eigenvalue weighted by Gasteiger charge is -2.23. The molecule has 2 aromatic rings. The molecule has 1 N–H and O–H groups in total. The third-order valence-corrected chi connectivity index (χ3v) is 6.80. The number of sulfonamides is 1. The number of benzene rings is 2. The fourth-order valence-electron chi connectivity index (χ4n) is 3.21. The second kappa shape index (κ2) is 8.94. The van der Waals surface area contributed by atoms with Gasteiger partial charge in [-0.25, -0.2) is 8.42 Å². The molecule has 3 rings (SSSR count). The van der Waals surface area contributed by atoms with Crippen molar-refractivity contribution in [2.45, 2.75) is 37.2 Å². The van der Waals surface area contributed by atoms with Gasteiger partial charge in [0.05, 0.1) is 11.5 Å². The van der Waals surface area contributed by atoms with E-state index in [4.69, 9.17) is 16.3 Å². The fraction of sp³-hybridized carbons (Fsp3) is 0.350. The molecule has 0 bridgehead atoms. The molecule has 6 nitrogen and oxygen atoms in total. The number of carbonyl (C=O) groups is 1. The Bertz CT molecular complexity index is 914. The summed E-state index contributed by atoms with van der Waals surface area (Å²) in [6.45, 7) is 3.16. The van der Waals surface area contributed by atoms with Crippen molar-refractivity contribution in [2.75, 3.05) is 13.2 Å². The summed E-state index contributed by atoms with van der Waals surface area (Å²) in [5.41, 5.74) is 0.918. The molecule has 0 aliphatic carbocycles. The number of rotatable bonds is 7. The maximum Gasteiger partial charge on any atom is 0.243 e. The minimum Gasteiger partial charge on any atom is -0.494 e. The molecular weight excluding hydrogens is 400 g/mol. The van der Waals surface area contributed by atoms with Gasteiger partial charge in [0.1, 0.15) is 11.8 Å². The normalized spacial score (nSPS) is 17.4. The lowest BCUT2D eigenvalue weighted by molar-refractivity contribution is -0.124. The van der Waals surface area contributed by atoms with Crippen LogP contribution in [0.2, 0.25) is 5.02 Å². The van der Waals surface area contributed by atoms with Crippen LogP contribution in [0.15, 0.2) is 53.4 Å². The molecule has 1 heterocycles. The van der Waals surface area contributed by atoms with E-state index < -0.39 is 16.1 Å². The van der Waals surface area contributed by atoms with Gasteiger partial charge in [-0.05, 0) is 61.7 Å². The van der Waals surface area contributed by atoms with E-state index in [9.17, 15) is 13.2 Å². The summed E-state index contributed by atoms with van der Waals surface area (Å²) in [6, 6.07) is 12.7. The molecule has 1 amide bonds. The van der Waals surface area contributed by atoms with Gasteiger partial charge in [0.2, 0.25) is 15.9 Å². The third-order valence-electron chi connectivity index (χ3n) is 4.63. The number of ether oxygens (including phenoxy) is 1. The van der Waals surface area contributed by atoms with Crippen LogP contribution in [0.25, 0.3) is 0 Å². The quantitative estimate of drug-likeness (QED) is 0.743. The van der Waals surface area contributed by atoms with E-state index in [0.717, 1.165) is 11.3 Å². The topological polar surface area (TPSA) is 75.7 Å². The molecule has 150 valence electrons. The summed E-state index contributed by atoms with van der Waals surface area (Å²) >= 11 is 5.85. The Balaban J connectivity index is 1.66. The van der Waals surface area contributed by atoms with Gasteiger partial charge in [0.25, 0.3) is 0 Å². The van der Waals surface area contributed by atoms with Crippen molar-refractivity contribution in [3.05, 3.63) is 59.1 Å². The van der Waals surface area contributed by atoms with Crippen LogP contribution in [0, 0.1) is 0 Å². The van der Waals surface area contributed by atoms with Crippen LogP contribution >= 0.6 is 11.6 Å². The summed E-state index contributed by atoms with van der Waals surface area (Å²) in [5, 5.41) is 3.31. The molecule has 0 aromatic heterocycles. The molecule has 0 saturated carbocycles. The van der Waals surface area contributed by atoms with Crippen LogP contribution in [0.4, 0.5) is 0 Å². The molecule has 1 saturated heterocycles. The third kappa shape index (κ3) is 4.66. The first kappa shape index (κ1) is 20.6. The van der Waals surface area contributed by atoms with Crippen LogP contribution in [0.1, 0.15) is 25.3 Å². The fourth-order valence-corrected chi connectivity index (χ4v) is 4.99. The highest BCUT2D eigenvalue weighted by molar-refractivity contribution is 7.89. The molecule has 1 aliphatic rings. The number of nitrogens with one attached hydrogen (secondary N) is 1. The molecule has 1 aliphatic heterocycles. The van der Waals surface area contributed by atoms with E-state index in [1.165, 1.54) is 28.6 Å². The largest absolute Gasteiger partial charge is 0.494 e. The Morgan fingerprint density at radius 3 is 2.50 bits per heavy atom. The van der Waals surface area contributed by atoms with Crippen LogP contribution in [-0.4, -0.2) is 37.8 Å². The number of carbonyl (C=O) groups excluding carboxylic acids is 1. The minimum atomic E-state index is -3.75. The van der Waals surface area contributed by atoms with E-state index in [1.54, 1.807) is 0 Å². The molecule has 1 atom stereocenters. The van der Waals surface area contributed by atoms with E-state index in [2.05, 4.69) is 5.32 Å². The number of nitrogens with zero attached hydrogens (tertiary/aromatic N) is 1. The van der Waals surface area contributed by atoms with Crippen molar-refractivity contribution < 1.29 is 17.9 Å². The monoisotopic (exact) mass is 422 g/mol. The molecule has 28 heavy (non-hydrogen) atoms. The molecule has 2 aromatic carbocycles. The SMILES string of the molecule is CCOc1ccc(CNC(=O)[C@@H]2CCCN2S(=O)(=O)c2ccc(Cl)cc2)cc1. The van der Waals surface area contributed by atoms with Gasteiger partial charge < -0.3 is 10.1 Å². The summed E-state index contributed by atoms with van der Waals surface area (Å²) in [5.74, 6) is 0.484. The zero-order chi connectivity index (χ0) is 20.1. The number of hydrogen-bond donors (Lipinski definition) is 1. The van der Waals surface area contributed by atoms with E-state index >= 15 is 0 Å². The molecule has 0 radical (unpaired) electrons. The van der Waals surface area contributed by atoms with Crippen molar-refractivity contribution in [2.24, 2.45) is 0 Å². The lowest BCUT2D eigenvalue weighted by Crippen LogP contribution is -2.45. The first-order chi connectivity index (χ1) is 13.4. The summed E-state index contributed by atoms with van der Waals surface area (Å²) in [6.07, 6.45) is 1.15. The van der Waals surface area contributed by atoms with E-state index in [0.29, 0.717) is 37.6 Å². The maximum atomic E-state index is 12.9. The number of amides is 1. The zero-order valence-electron chi connectivity index (χ0n) is 15.6. The first-order valence-corrected chi connectivity index (χ1v) is 11.0. The second-order valence-corrected chi connectivity index (χ2v) is 8.85. The van der Waals surface area contributed by atoms with Crippen LogP contribution in [0.3, 0.4) is 0 Å². The molecule has 8 heteroatoms. The Kier molecular flexibility index (Phi) is 6.59. The van der Waals surface area contributed by atoms with Crippen molar-refractivity contribution in [1.29, 1.82) is 0 Å². The summed E-state index contributed by atoms with van der Waals surface area (Å²) in [4.78, 5) is 12.8. The van der Waals surface area contributed by atoms with Crippen LogP contribution < -0.4 is 10.1 Å². The van der Waals surface area contributed by atoms with Gasteiger partial charge in [-0.1, -0.05) is 23.7 Å². The molecule has 0 spiro atoms. The molecule has 0 unspecified atom stereocenters. The van der Waals surface area contributed by atoms with E-state index in [-0.39, 0.29) is 10.8 Å². The average molecular weight is 423 g/mol. The first-order valence-electron chi connectivity index (χ1n) is 9.18. The van der Waals surface area contributed by atoms with Crippen molar-refractivity contribution in [3.63, 3.8) is 0 Å². The predicted molar refractivity (Wildman–Crippen MR) is 108 cm³/mol. The summed E-state index contributed by atoms with van der Waals surface area (Å²) in [7, 11) is -3.75. The highest BCUT2D eigenvalue weighted by atomic mass is 35.5. The van der Waals surface area contributed by atoms with Crippen molar-refractivity contribution in [1.82, 2.24) is 9.62 Å². The lowest BCUT2D eigenvalue weighted by atomic mass is 10.2. The highest BCUT2D eigenvalue weighted by Gasteiger charge is 2.39. The Hall–Kier alpha value is -2.09. The van der Waals surface area contributed by atoms with Gasteiger partial charge in [-0.15, -0.1) is 0 Å². The zero-order valence-corrected chi connectivity index (χ0v) is 17.2. The Labute approximate surface area is 170 Å². The smallest absolute Gasteiger partial charge is 0.243 e. The molecule has 1 fully saturated rings. The number of halogens is 1. The summed E-state index contributed by atoms with van der Waals surface area (Å²) < 4.78 is 32.5. The van der Waals surface area contributed by atoms with Crippen LogP contribution in [-0.2, 0) is 21.4 Å². The van der Waals surface area contributed by atoms with Crippen molar-refractivity contribution in [3.8, 4) is 5.75 Å². The van der Waals surface area contributed by atoms with Gasteiger partial charge in [0, 0.05) is 18.1 Å². The maximum absolute atomic E-state index is 12.9. The Morgan fingerprint density at radius 2 is 1.86 bits per heavy atom. The van der Waals surface area contributed by atoms with Crippen LogP contribution in [0.5, 0.6) is 5.75 Å². The van der Waals surface area contributed by atoms with E-state index in [1.807, 2.05) is 31.2 Å². The minimum absolute atomic E-state index is 0.142. The van der Waals surface area contributed by atoms with Crippen molar-refractivity contribution >= 4 is 27.5 Å². The van der Waals surface area contributed by atoms with Gasteiger partial charge >= 0.3 is 0 Å².